The van der Waals surface area contributed by atoms with E-state index in [2.05, 4.69) is 5.32 Å². The molecule has 22 heavy (non-hydrogen) atoms. The Hall–Kier alpha value is -2.21. The van der Waals surface area contributed by atoms with Crippen molar-refractivity contribution in [3.05, 3.63) is 54.3 Å². The summed E-state index contributed by atoms with van der Waals surface area (Å²) >= 11 is 0. The van der Waals surface area contributed by atoms with Gasteiger partial charge in [-0.3, -0.25) is 9.36 Å². The third-order valence-electron chi connectivity index (χ3n) is 2.67. The van der Waals surface area contributed by atoms with Crippen LogP contribution < -0.4 is 15.4 Å². The van der Waals surface area contributed by atoms with E-state index in [-0.39, 0.29) is 11.1 Å². The van der Waals surface area contributed by atoms with Crippen molar-refractivity contribution < 1.29 is 28.3 Å². The first-order valence-electron chi connectivity index (χ1n) is 6.19. The van der Waals surface area contributed by atoms with Gasteiger partial charge in [-0.05, 0) is 36.4 Å². The summed E-state index contributed by atoms with van der Waals surface area (Å²) in [6.45, 7) is -0.436. The minimum Gasteiger partial charge on any atom is -0.483 e. The van der Waals surface area contributed by atoms with Gasteiger partial charge >= 0.3 is 7.60 Å². The molecule has 0 fully saturated rings. The Morgan fingerprint density at radius 2 is 1.77 bits per heavy atom. The van der Waals surface area contributed by atoms with E-state index in [1.54, 1.807) is 0 Å². The molecule has 0 aliphatic rings. The van der Waals surface area contributed by atoms with Crippen LogP contribution in [0.5, 0.6) is 5.75 Å². The molecule has 3 N–H and O–H groups in total. The van der Waals surface area contributed by atoms with Crippen molar-refractivity contribution in [2.45, 2.75) is 0 Å². The highest BCUT2D eigenvalue weighted by atomic mass is 31.2. The Morgan fingerprint density at radius 3 is 2.41 bits per heavy atom. The molecule has 2 rings (SSSR count). The molecule has 0 atom stereocenters. The number of halogens is 1. The lowest BCUT2D eigenvalue weighted by Gasteiger charge is -2.12. The van der Waals surface area contributed by atoms with Crippen LogP contribution in [0.4, 0.5) is 10.1 Å². The molecule has 0 aliphatic carbocycles. The Kier molecular flexibility index (Phi) is 4.92. The summed E-state index contributed by atoms with van der Waals surface area (Å²) in [5.74, 6) is -1.03. The van der Waals surface area contributed by atoms with Crippen molar-refractivity contribution in [3.8, 4) is 5.75 Å². The van der Waals surface area contributed by atoms with Gasteiger partial charge in [0.15, 0.2) is 6.61 Å². The van der Waals surface area contributed by atoms with E-state index in [1.807, 2.05) is 0 Å². The van der Waals surface area contributed by atoms with E-state index in [0.717, 1.165) is 0 Å². The normalized spacial score (nSPS) is 11.0. The monoisotopic (exact) mass is 325 g/mol. The molecule has 8 heteroatoms. The molecule has 6 nitrogen and oxygen atoms in total. The zero-order chi connectivity index (χ0) is 16.2. The van der Waals surface area contributed by atoms with Gasteiger partial charge in [0.2, 0.25) is 0 Å². The second kappa shape index (κ2) is 6.70. The highest BCUT2D eigenvalue weighted by molar-refractivity contribution is 7.60. The van der Waals surface area contributed by atoms with Crippen LogP contribution >= 0.6 is 7.60 Å². The van der Waals surface area contributed by atoms with E-state index in [0.29, 0.717) is 5.69 Å². The summed E-state index contributed by atoms with van der Waals surface area (Å²) in [6, 6.07) is 10.7. The average molecular weight is 325 g/mol. The van der Waals surface area contributed by atoms with E-state index in [4.69, 9.17) is 4.74 Å². The summed E-state index contributed by atoms with van der Waals surface area (Å²) in [6.07, 6.45) is 0. The smallest absolute Gasteiger partial charge is 0.359 e. The van der Waals surface area contributed by atoms with Gasteiger partial charge in [-0.2, -0.15) is 0 Å². The van der Waals surface area contributed by atoms with Crippen LogP contribution in [0, 0.1) is 5.82 Å². The minimum absolute atomic E-state index is 0.0647. The molecule has 116 valence electrons. The predicted molar refractivity (Wildman–Crippen MR) is 78.6 cm³/mol. The molecule has 0 saturated carbocycles. The van der Waals surface area contributed by atoms with Crippen LogP contribution in [0.25, 0.3) is 0 Å². The van der Waals surface area contributed by atoms with E-state index < -0.39 is 25.9 Å². The van der Waals surface area contributed by atoms with Crippen LogP contribution in [-0.4, -0.2) is 22.3 Å². The second-order valence-electron chi connectivity index (χ2n) is 4.36. The number of carbonyl (C=O) groups excluding carboxylic acids is 1. The number of amides is 1. The molecule has 0 saturated heterocycles. The molecule has 0 aromatic heterocycles. The van der Waals surface area contributed by atoms with Crippen molar-refractivity contribution in [3.63, 3.8) is 0 Å². The van der Waals surface area contributed by atoms with Gasteiger partial charge in [0.1, 0.15) is 16.9 Å². The summed E-state index contributed by atoms with van der Waals surface area (Å²) < 4.78 is 29.2. The largest absolute Gasteiger partial charge is 0.483 e. The van der Waals surface area contributed by atoms with Gasteiger partial charge in [-0.15, -0.1) is 0 Å². The Bertz CT molecular complexity index is 713. The Labute approximate surface area is 125 Å². The highest BCUT2D eigenvalue weighted by Crippen LogP contribution is 2.37. The van der Waals surface area contributed by atoms with Gasteiger partial charge < -0.3 is 19.8 Å². The first-order valence-corrected chi connectivity index (χ1v) is 7.81. The third kappa shape index (κ3) is 4.39. The number of hydrogen-bond donors (Lipinski definition) is 3. The fraction of sp³-hybridized carbons (Fsp3) is 0.0714. The lowest BCUT2D eigenvalue weighted by atomic mass is 10.3. The predicted octanol–water partition coefficient (Wildman–Crippen LogP) is 1.65. The van der Waals surface area contributed by atoms with E-state index in [9.17, 15) is 23.5 Å². The number of nitrogens with one attached hydrogen (secondary N) is 1. The number of benzene rings is 2. The molecule has 1 amide bonds. The Balaban J connectivity index is 2.00. The van der Waals surface area contributed by atoms with E-state index >= 15 is 0 Å². The lowest BCUT2D eigenvalue weighted by molar-refractivity contribution is -0.118. The standard InChI is InChI=1S/C14H13FNO5P/c15-10-5-7-11(8-6-10)16-14(17)9-21-12-3-1-2-4-13(12)22(18,19)20/h1-8H,9H2,(H,16,17)(H2,18,19,20). The fourth-order valence-corrected chi connectivity index (χ4v) is 2.40. The maximum Gasteiger partial charge on any atom is 0.359 e. The number of rotatable bonds is 5. The molecule has 0 aliphatic heterocycles. The molecule has 2 aromatic carbocycles. The number of anilines is 1. The molecule has 0 bridgehead atoms. The summed E-state index contributed by atoms with van der Waals surface area (Å²) in [4.78, 5) is 30.1. The molecular weight excluding hydrogens is 312 g/mol. The van der Waals surface area contributed by atoms with Crippen molar-refractivity contribution in [2.24, 2.45) is 0 Å². The number of carbonyl (C=O) groups is 1. The number of hydrogen-bond acceptors (Lipinski definition) is 3. The van der Waals surface area contributed by atoms with Crippen LogP contribution in [0.3, 0.4) is 0 Å². The van der Waals surface area contributed by atoms with Gasteiger partial charge in [0.25, 0.3) is 5.91 Å². The van der Waals surface area contributed by atoms with Crippen molar-refractivity contribution in [1.29, 1.82) is 0 Å². The van der Waals surface area contributed by atoms with Crippen LogP contribution in [0.2, 0.25) is 0 Å². The third-order valence-corrected chi connectivity index (χ3v) is 3.66. The molecule has 0 unspecified atom stereocenters. The number of ether oxygens (including phenoxy) is 1. The van der Waals surface area contributed by atoms with Gasteiger partial charge in [0, 0.05) is 5.69 Å². The fourth-order valence-electron chi connectivity index (χ4n) is 1.69. The maximum atomic E-state index is 12.7. The second-order valence-corrected chi connectivity index (χ2v) is 5.93. The van der Waals surface area contributed by atoms with Gasteiger partial charge in [-0.1, -0.05) is 12.1 Å². The van der Waals surface area contributed by atoms with Crippen LogP contribution in [0.15, 0.2) is 48.5 Å². The zero-order valence-electron chi connectivity index (χ0n) is 11.3. The average Bonchev–Trinajstić information content (AvgIpc) is 2.47. The summed E-state index contributed by atoms with van der Waals surface area (Å²) in [5.41, 5.74) is 0.387. The SMILES string of the molecule is O=C(COc1ccccc1P(=O)(O)O)Nc1ccc(F)cc1. The summed E-state index contributed by atoms with van der Waals surface area (Å²) in [7, 11) is -4.49. The quantitative estimate of drug-likeness (QED) is 0.727. The lowest BCUT2D eigenvalue weighted by Crippen LogP contribution is -2.22. The van der Waals surface area contributed by atoms with Gasteiger partial charge in [-0.25, -0.2) is 4.39 Å². The molecule has 0 heterocycles. The highest BCUT2D eigenvalue weighted by Gasteiger charge is 2.22. The van der Waals surface area contributed by atoms with E-state index in [1.165, 1.54) is 48.5 Å². The minimum atomic E-state index is -4.49. The van der Waals surface area contributed by atoms with Crippen molar-refractivity contribution in [1.82, 2.24) is 0 Å². The molecule has 0 spiro atoms. The maximum absolute atomic E-state index is 12.7. The zero-order valence-corrected chi connectivity index (χ0v) is 12.2. The van der Waals surface area contributed by atoms with Crippen molar-refractivity contribution in [2.75, 3.05) is 11.9 Å². The first kappa shape index (κ1) is 16.2. The Morgan fingerprint density at radius 1 is 1.14 bits per heavy atom. The first-order chi connectivity index (χ1) is 10.4. The van der Waals surface area contributed by atoms with Crippen LogP contribution in [-0.2, 0) is 9.36 Å². The molecule has 0 radical (unpaired) electrons. The molecular formula is C14H13FNO5P. The van der Waals surface area contributed by atoms with Crippen molar-refractivity contribution >= 4 is 24.5 Å². The molecule has 2 aromatic rings. The number of para-hydroxylation sites is 1. The topological polar surface area (TPSA) is 95.9 Å². The van der Waals surface area contributed by atoms with Gasteiger partial charge in [0.05, 0.1) is 0 Å². The van der Waals surface area contributed by atoms with Crippen LogP contribution in [0.1, 0.15) is 0 Å². The summed E-state index contributed by atoms with van der Waals surface area (Å²) in [5, 5.41) is 2.19.